The predicted octanol–water partition coefficient (Wildman–Crippen LogP) is 13.7. The minimum atomic E-state index is -0.263. The van der Waals surface area contributed by atoms with Crippen LogP contribution in [0.15, 0.2) is 192 Å². The first-order valence-corrected chi connectivity index (χ1v) is 20.8. The van der Waals surface area contributed by atoms with E-state index in [0.29, 0.717) is 0 Å². The highest BCUT2D eigenvalue weighted by Crippen LogP contribution is 2.43. The van der Waals surface area contributed by atoms with E-state index in [1.165, 1.54) is 79.0 Å². The van der Waals surface area contributed by atoms with Crippen molar-refractivity contribution in [2.24, 2.45) is 9.98 Å². The molecule has 4 nitrogen and oxygen atoms in total. The Kier molecular flexibility index (Phi) is 7.30. The lowest BCUT2D eigenvalue weighted by Crippen LogP contribution is -2.33. The molecule has 8 aromatic carbocycles. The number of hydrogen-bond donors (Lipinski definition) is 1. The van der Waals surface area contributed by atoms with Gasteiger partial charge in [0.05, 0.1) is 21.4 Å². The van der Waals surface area contributed by atoms with E-state index in [9.17, 15) is 0 Å². The van der Waals surface area contributed by atoms with Gasteiger partial charge in [-0.1, -0.05) is 140 Å². The van der Waals surface area contributed by atoms with Crippen LogP contribution in [0.25, 0.3) is 79.0 Å². The van der Waals surface area contributed by atoms with Crippen molar-refractivity contribution in [3.63, 3.8) is 0 Å². The number of para-hydroxylation sites is 2. The number of aliphatic imine (C=N–C) groups is 2. The second kappa shape index (κ2) is 12.8. The Balaban J connectivity index is 0.925. The lowest BCUT2D eigenvalue weighted by molar-refractivity contribution is 0.675. The van der Waals surface area contributed by atoms with Crippen LogP contribution < -0.4 is 5.32 Å². The van der Waals surface area contributed by atoms with Gasteiger partial charge in [-0.15, -0.1) is 22.7 Å². The normalized spacial score (nSPS) is 14.5. The summed E-state index contributed by atoms with van der Waals surface area (Å²) in [4.78, 5) is 10.1. The van der Waals surface area contributed by atoms with E-state index in [0.717, 1.165) is 28.4 Å². The maximum atomic E-state index is 5.12. The molecule has 0 aliphatic carbocycles. The molecule has 1 atom stereocenters. The van der Waals surface area contributed by atoms with Crippen molar-refractivity contribution in [3.05, 3.63) is 199 Å². The summed E-state index contributed by atoms with van der Waals surface area (Å²) >= 11 is 3.73. The van der Waals surface area contributed by atoms with E-state index in [2.05, 4.69) is 155 Å². The first-order valence-electron chi connectivity index (χ1n) is 19.2. The van der Waals surface area contributed by atoms with Crippen molar-refractivity contribution in [2.45, 2.75) is 6.17 Å². The molecule has 6 heteroatoms. The zero-order valence-corrected chi connectivity index (χ0v) is 32.2. The average Bonchev–Trinajstić information content (AvgIpc) is 3.95. The van der Waals surface area contributed by atoms with Crippen LogP contribution in [0.4, 0.5) is 0 Å². The smallest absolute Gasteiger partial charge is 0.159 e. The Morgan fingerprint density at radius 2 is 1.07 bits per heavy atom. The Morgan fingerprint density at radius 3 is 1.84 bits per heavy atom. The highest BCUT2D eigenvalue weighted by Gasteiger charge is 2.22. The van der Waals surface area contributed by atoms with Gasteiger partial charge < -0.3 is 9.88 Å². The fraction of sp³-hybridized carbons (Fsp3) is 0.0196. The molecule has 0 bridgehead atoms. The third-order valence-electron chi connectivity index (χ3n) is 11.3. The number of hydrogen-bond acceptors (Lipinski definition) is 5. The molecule has 1 N–H and O–H groups in total. The average molecular weight is 765 g/mol. The van der Waals surface area contributed by atoms with E-state index in [1.807, 2.05) is 59.1 Å². The number of aromatic nitrogens is 1. The van der Waals surface area contributed by atoms with Crippen LogP contribution >= 0.6 is 22.7 Å². The molecule has 1 unspecified atom stereocenters. The summed E-state index contributed by atoms with van der Waals surface area (Å²) in [7, 11) is 0. The summed E-state index contributed by atoms with van der Waals surface area (Å²) in [6.45, 7) is 0. The number of benzene rings is 8. The third-order valence-corrected chi connectivity index (χ3v) is 13.6. The van der Waals surface area contributed by atoms with Crippen LogP contribution in [0.1, 0.15) is 22.9 Å². The fourth-order valence-electron chi connectivity index (χ4n) is 8.54. The fourth-order valence-corrected chi connectivity index (χ4v) is 10.9. The number of rotatable bonds is 5. The molecule has 0 spiro atoms. The van der Waals surface area contributed by atoms with E-state index >= 15 is 0 Å². The maximum Gasteiger partial charge on any atom is 0.159 e. The summed E-state index contributed by atoms with van der Waals surface area (Å²) < 4.78 is 7.58. The molecule has 57 heavy (non-hydrogen) atoms. The molecule has 1 aliphatic rings. The van der Waals surface area contributed by atoms with Gasteiger partial charge in [-0.25, -0.2) is 9.98 Å². The van der Waals surface area contributed by atoms with Crippen LogP contribution in [0.5, 0.6) is 0 Å². The highest BCUT2D eigenvalue weighted by molar-refractivity contribution is 7.26. The van der Waals surface area contributed by atoms with Gasteiger partial charge in [0, 0.05) is 57.5 Å². The Bertz CT molecular complexity index is 3390. The molecule has 0 saturated carbocycles. The number of thiophene rings is 2. The minimum Gasteiger partial charge on any atom is -0.344 e. The van der Waals surface area contributed by atoms with Gasteiger partial charge in [0.1, 0.15) is 12.0 Å². The molecule has 0 saturated heterocycles. The standard InChI is InChI=1S/C51H32N4S2/c1-3-12-31(13-4-1)49-52-50(32-14-5-2-6-15-32)54-51(53-49)35-23-26-39-38-25-22-34(29-46(38)56-47(39)30-35)33-24-27-45-41(28-33)40-18-11-21-44(48(40)57-45)55-42-19-9-7-16-36(42)37-17-8-10-20-43(37)55/h1-30,51H,(H,52,53,54). The van der Waals surface area contributed by atoms with Gasteiger partial charge in [-0.05, 0) is 59.2 Å². The molecular formula is C51H32N4S2. The predicted molar refractivity (Wildman–Crippen MR) is 244 cm³/mol. The molecule has 12 rings (SSSR count). The SMILES string of the molecule is c1ccc(C2=NC(c3ccc4c(c3)sc3cc(-c5ccc6sc7c(-n8c9ccccc9c9ccccc98)cccc7c6c5)ccc34)NC(c3ccccc3)=N2)cc1. The minimum absolute atomic E-state index is 0.263. The lowest BCUT2D eigenvalue weighted by Gasteiger charge is -2.23. The number of amidine groups is 2. The number of nitrogens with zero attached hydrogens (tertiary/aromatic N) is 3. The van der Waals surface area contributed by atoms with E-state index in [1.54, 1.807) is 0 Å². The van der Waals surface area contributed by atoms with Gasteiger partial charge in [0.15, 0.2) is 5.84 Å². The molecule has 0 radical (unpaired) electrons. The lowest BCUT2D eigenvalue weighted by atomic mass is 10.0. The summed E-state index contributed by atoms with van der Waals surface area (Å²) in [5.74, 6) is 1.56. The van der Waals surface area contributed by atoms with Crippen molar-refractivity contribution in [1.29, 1.82) is 0 Å². The van der Waals surface area contributed by atoms with Crippen LogP contribution in [0.3, 0.4) is 0 Å². The van der Waals surface area contributed by atoms with Crippen LogP contribution in [-0.4, -0.2) is 16.2 Å². The quantitative estimate of drug-likeness (QED) is 0.186. The van der Waals surface area contributed by atoms with Gasteiger partial charge in [0.2, 0.25) is 0 Å². The van der Waals surface area contributed by atoms with Crippen molar-refractivity contribution in [1.82, 2.24) is 9.88 Å². The zero-order chi connectivity index (χ0) is 37.5. The molecule has 0 fully saturated rings. The monoisotopic (exact) mass is 764 g/mol. The van der Waals surface area contributed by atoms with Gasteiger partial charge in [-0.2, -0.15) is 0 Å². The Labute approximate surface area is 336 Å². The van der Waals surface area contributed by atoms with Crippen LogP contribution in [-0.2, 0) is 0 Å². The number of nitrogens with one attached hydrogen (secondary N) is 1. The molecule has 3 aromatic heterocycles. The van der Waals surface area contributed by atoms with E-state index in [-0.39, 0.29) is 6.17 Å². The molecule has 268 valence electrons. The number of fused-ring (bicyclic) bond motifs is 9. The second-order valence-corrected chi connectivity index (χ2v) is 16.7. The summed E-state index contributed by atoms with van der Waals surface area (Å²) in [6, 6.07) is 65.5. The Hall–Kier alpha value is -6.86. The maximum absolute atomic E-state index is 5.12. The molecule has 0 amide bonds. The highest BCUT2D eigenvalue weighted by atomic mass is 32.1. The van der Waals surface area contributed by atoms with Crippen LogP contribution in [0, 0.1) is 0 Å². The summed E-state index contributed by atoms with van der Waals surface area (Å²) in [5, 5.41) is 11.3. The molecule has 11 aromatic rings. The zero-order valence-electron chi connectivity index (χ0n) is 30.6. The molecular weight excluding hydrogens is 733 g/mol. The van der Waals surface area contributed by atoms with Crippen molar-refractivity contribution in [3.8, 4) is 16.8 Å². The first kappa shape index (κ1) is 32.4. The summed E-state index contributed by atoms with van der Waals surface area (Å²) in [6.07, 6.45) is -0.263. The molecule has 4 heterocycles. The summed E-state index contributed by atoms with van der Waals surface area (Å²) in [5.41, 5.74) is 9.31. The van der Waals surface area contributed by atoms with Gasteiger partial charge in [0.25, 0.3) is 0 Å². The third kappa shape index (κ3) is 5.26. The largest absolute Gasteiger partial charge is 0.344 e. The Morgan fingerprint density at radius 1 is 0.439 bits per heavy atom. The van der Waals surface area contributed by atoms with Crippen molar-refractivity contribution in [2.75, 3.05) is 0 Å². The van der Waals surface area contributed by atoms with E-state index in [4.69, 9.17) is 9.98 Å². The van der Waals surface area contributed by atoms with E-state index < -0.39 is 0 Å². The van der Waals surface area contributed by atoms with Gasteiger partial charge in [-0.3, -0.25) is 0 Å². The first-order chi connectivity index (χ1) is 28.2. The topological polar surface area (TPSA) is 41.7 Å². The van der Waals surface area contributed by atoms with Crippen molar-refractivity contribution < 1.29 is 0 Å². The second-order valence-electron chi connectivity index (χ2n) is 14.6. The van der Waals surface area contributed by atoms with Gasteiger partial charge >= 0.3 is 0 Å². The molecule has 1 aliphatic heterocycles. The van der Waals surface area contributed by atoms with Crippen molar-refractivity contribution >= 4 is 96.5 Å². The van der Waals surface area contributed by atoms with Crippen LogP contribution in [0.2, 0.25) is 0 Å².